The number of phenols is 1. The van der Waals surface area contributed by atoms with Gasteiger partial charge in [0.1, 0.15) is 23.1 Å². The van der Waals surface area contributed by atoms with E-state index in [-0.39, 0.29) is 5.75 Å². The van der Waals surface area contributed by atoms with E-state index in [2.05, 4.69) is 15.6 Å². The van der Waals surface area contributed by atoms with Crippen LogP contribution in [0.4, 0.5) is 8.78 Å². The lowest BCUT2D eigenvalue weighted by molar-refractivity contribution is 0.406. The molecule has 140 valence electrons. The fourth-order valence-electron chi connectivity index (χ4n) is 2.53. The third-order valence-electron chi connectivity index (χ3n) is 3.99. The first kappa shape index (κ1) is 19.5. The summed E-state index contributed by atoms with van der Waals surface area (Å²) >= 11 is 0. The van der Waals surface area contributed by atoms with Crippen LogP contribution in [0.3, 0.4) is 0 Å². The first-order valence-corrected chi connectivity index (χ1v) is 8.22. The molecule has 7 heteroatoms. The van der Waals surface area contributed by atoms with E-state index >= 15 is 0 Å². The summed E-state index contributed by atoms with van der Waals surface area (Å²) in [5.74, 6) is 0.0146. The van der Waals surface area contributed by atoms with Crippen LogP contribution < -0.4 is 15.4 Å². The molecule has 0 saturated heterocycles. The molecule has 0 bridgehead atoms. The molecule has 0 aliphatic heterocycles. The Labute approximate surface area is 151 Å². The molecule has 3 N–H and O–H groups in total. The van der Waals surface area contributed by atoms with Gasteiger partial charge in [-0.15, -0.1) is 0 Å². The molecule has 0 aliphatic rings. The van der Waals surface area contributed by atoms with Crippen LogP contribution in [-0.4, -0.2) is 31.8 Å². The number of aliphatic imine (C=N–C) groups is 1. The van der Waals surface area contributed by atoms with E-state index in [0.717, 1.165) is 11.6 Å². The second-order valence-corrected chi connectivity index (χ2v) is 5.78. The number of halogens is 2. The van der Waals surface area contributed by atoms with Gasteiger partial charge in [0.05, 0.1) is 13.2 Å². The van der Waals surface area contributed by atoms with Crippen molar-refractivity contribution in [2.75, 3.05) is 20.7 Å². The Morgan fingerprint density at radius 2 is 2.00 bits per heavy atom. The first-order chi connectivity index (χ1) is 12.4. The molecule has 1 atom stereocenters. The van der Waals surface area contributed by atoms with Crippen molar-refractivity contribution in [2.45, 2.75) is 19.4 Å². The Bertz CT molecular complexity index is 781. The average Bonchev–Trinajstić information content (AvgIpc) is 2.61. The van der Waals surface area contributed by atoms with Crippen LogP contribution in [0.25, 0.3) is 0 Å². The van der Waals surface area contributed by atoms with Gasteiger partial charge in [0, 0.05) is 31.3 Å². The maximum Gasteiger partial charge on any atom is 0.191 e. The summed E-state index contributed by atoms with van der Waals surface area (Å²) < 4.78 is 31.9. The molecule has 0 aliphatic carbocycles. The lowest BCUT2D eigenvalue weighted by Crippen LogP contribution is -2.39. The normalized spacial score (nSPS) is 12.6. The zero-order chi connectivity index (χ0) is 19.1. The van der Waals surface area contributed by atoms with Gasteiger partial charge in [-0.1, -0.05) is 12.1 Å². The van der Waals surface area contributed by atoms with E-state index in [4.69, 9.17) is 4.74 Å². The fourth-order valence-corrected chi connectivity index (χ4v) is 2.53. The molecule has 5 nitrogen and oxygen atoms in total. The standard InChI is InChI=1S/C19H23F2N3O2/c1-12(16-7-5-14(20)10-17(16)21)24-19(22-2)23-9-8-13-4-6-15(26-3)11-18(13)25/h4-7,10-12,25H,8-9H2,1-3H3,(H2,22,23,24). The molecular weight excluding hydrogens is 340 g/mol. The predicted molar refractivity (Wildman–Crippen MR) is 97.6 cm³/mol. The zero-order valence-electron chi connectivity index (χ0n) is 15.0. The lowest BCUT2D eigenvalue weighted by atomic mass is 10.1. The van der Waals surface area contributed by atoms with Crippen LogP contribution in [0.1, 0.15) is 24.1 Å². The molecule has 0 fully saturated rings. The molecule has 0 spiro atoms. The SMILES string of the molecule is CN=C(NCCc1ccc(OC)cc1O)NC(C)c1ccc(F)cc1F. The summed E-state index contributed by atoms with van der Waals surface area (Å²) in [5, 5.41) is 16.1. The van der Waals surface area contributed by atoms with E-state index < -0.39 is 17.7 Å². The number of methoxy groups -OCH3 is 1. The Morgan fingerprint density at radius 1 is 1.23 bits per heavy atom. The monoisotopic (exact) mass is 363 g/mol. The molecule has 0 aromatic heterocycles. The Morgan fingerprint density at radius 3 is 2.62 bits per heavy atom. The average molecular weight is 363 g/mol. The minimum absolute atomic E-state index is 0.163. The van der Waals surface area contributed by atoms with Crippen molar-refractivity contribution in [3.05, 3.63) is 59.2 Å². The van der Waals surface area contributed by atoms with Gasteiger partial charge in [-0.05, 0) is 31.0 Å². The maximum atomic E-state index is 13.9. The quantitative estimate of drug-likeness (QED) is 0.545. The number of aromatic hydroxyl groups is 1. The molecular formula is C19H23F2N3O2. The highest BCUT2D eigenvalue weighted by atomic mass is 19.1. The molecule has 2 rings (SSSR count). The number of rotatable bonds is 6. The number of hydrogen-bond acceptors (Lipinski definition) is 3. The maximum absolute atomic E-state index is 13.9. The molecule has 0 heterocycles. The molecule has 2 aromatic carbocycles. The van der Waals surface area contributed by atoms with E-state index in [0.29, 0.717) is 30.2 Å². The minimum Gasteiger partial charge on any atom is -0.508 e. The Kier molecular flexibility index (Phi) is 6.77. The highest BCUT2D eigenvalue weighted by molar-refractivity contribution is 5.80. The van der Waals surface area contributed by atoms with Crippen LogP contribution in [0.5, 0.6) is 11.5 Å². The summed E-state index contributed by atoms with van der Waals surface area (Å²) in [5.41, 5.74) is 1.12. The van der Waals surface area contributed by atoms with Crippen molar-refractivity contribution in [1.82, 2.24) is 10.6 Å². The lowest BCUT2D eigenvalue weighted by Gasteiger charge is -2.19. The van der Waals surface area contributed by atoms with Crippen LogP contribution in [-0.2, 0) is 6.42 Å². The van der Waals surface area contributed by atoms with Crippen molar-refractivity contribution in [3.63, 3.8) is 0 Å². The molecule has 2 aromatic rings. The van der Waals surface area contributed by atoms with Crippen molar-refractivity contribution < 1.29 is 18.6 Å². The van der Waals surface area contributed by atoms with Gasteiger partial charge in [-0.3, -0.25) is 4.99 Å². The number of nitrogens with one attached hydrogen (secondary N) is 2. The van der Waals surface area contributed by atoms with Crippen molar-refractivity contribution in [1.29, 1.82) is 0 Å². The molecule has 0 radical (unpaired) electrons. The van der Waals surface area contributed by atoms with E-state index in [1.165, 1.54) is 19.2 Å². The summed E-state index contributed by atoms with van der Waals surface area (Å²) in [6, 6.07) is 8.22. The molecule has 0 amide bonds. The second kappa shape index (κ2) is 9.03. The highest BCUT2D eigenvalue weighted by Crippen LogP contribution is 2.23. The van der Waals surface area contributed by atoms with Gasteiger partial charge < -0.3 is 20.5 Å². The van der Waals surface area contributed by atoms with Gasteiger partial charge in [0.25, 0.3) is 0 Å². The largest absolute Gasteiger partial charge is 0.508 e. The molecule has 0 saturated carbocycles. The molecule has 1 unspecified atom stereocenters. The Balaban J connectivity index is 1.91. The fraction of sp³-hybridized carbons (Fsp3) is 0.316. The van der Waals surface area contributed by atoms with Crippen LogP contribution in [0.2, 0.25) is 0 Å². The van der Waals surface area contributed by atoms with E-state index in [1.807, 2.05) is 0 Å². The third kappa shape index (κ3) is 5.08. The van der Waals surface area contributed by atoms with Crippen molar-refractivity contribution in [3.8, 4) is 11.5 Å². The molecule has 26 heavy (non-hydrogen) atoms. The smallest absolute Gasteiger partial charge is 0.191 e. The van der Waals surface area contributed by atoms with Gasteiger partial charge in [0.2, 0.25) is 0 Å². The number of hydrogen-bond donors (Lipinski definition) is 3. The van der Waals surface area contributed by atoms with Gasteiger partial charge in [-0.2, -0.15) is 0 Å². The number of ether oxygens (including phenoxy) is 1. The van der Waals surface area contributed by atoms with E-state index in [9.17, 15) is 13.9 Å². The number of nitrogens with zero attached hydrogens (tertiary/aromatic N) is 1. The Hall–Kier alpha value is -2.83. The zero-order valence-corrected chi connectivity index (χ0v) is 15.0. The first-order valence-electron chi connectivity index (χ1n) is 8.22. The third-order valence-corrected chi connectivity index (χ3v) is 3.99. The highest BCUT2D eigenvalue weighted by Gasteiger charge is 2.13. The van der Waals surface area contributed by atoms with Crippen LogP contribution >= 0.6 is 0 Å². The summed E-state index contributed by atoms with van der Waals surface area (Å²) in [7, 11) is 3.14. The summed E-state index contributed by atoms with van der Waals surface area (Å²) in [6.07, 6.45) is 0.565. The topological polar surface area (TPSA) is 65.9 Å². The van der Waals surface area contributed by atoms with Gasteiger partial charge >= 0.3 is 0 Å². The van der Waals surface area contributed by atoms with Gasteiger partial charge in [-0.25, -0.2) is 8.78 Å². The number of guanidine groups is 1. The van der Waals surface area contributed by atoms with E-state index in [1.54, 1.807) is 32.2 Å². The number of benzene rings is 2. The van der Waals surface area contributed by atoms with Crippen molar-refractivity contribution >= 4 is 5.96 Å². The minimum atomic E-state index is -0.611. The summed E-state index contributed by atoms with van der Waals surface area (Å²) in [4.78, 5) is 4.10. The van der Waals surface area contributed by atoms with Crippen LogP contribution in [0, 0.1) is 11.6 Å². The second-order valence-electron chi connectivity index (χ2n) is 5.78. The van der Waals surface area contributed by atoms with Gasteiger partial charge in [0.15, 0.2) is 5.96 Å². The summed E-state index contributed by atoms with van der Waals surface area (Å²) in [6.45, 7) is 2.27. The number of phenolic OH excluding ortho intramolecular Hbond substituents is 1. The van der Waals surface area contributed by atoms with Crippen LogP contribution in [0.15, 0.2) is 41.4 Å². The predicted octanol–water partition coefficient (Wildman–Crippen LogP) is 3.15. The van der Waals surface area contributed by atoms with Crippen molar-refractivity contribution in [2.24, 2.45) is 4.99 Å².